The number of benzene rings is 1. The van der Waals surface area contributed by atoms with Gasteiger partial charge in [0.05, 0.1) is 5.56 Å². The Balaban J connectivity index is 2.04. The number of carbonyl (C=O) groups is 1. The van der Waals surface area contributed by atoms with E-state index in [1.165, 1.54) is 6.20 Å². The summed E-state index contributed by atoms with van der Waals surface area (Å²) in [5, 5.41) is 3.43. The van der Waals surface area contributed by atoms with Crippen LogP contribution < -0.4 is 5.32 Å². The number of nitrogens with zero attached hydrogens (tertiary/aromatic N) is 1. The highest BCUT2D eigenvalue weighted by Gasteiger charge is 2.15. The molecule has 4 nitrogen and oxygen atoms in total. The normalized spacial score (nSPS) is 12.0. The molecule has 0 bridgehead atoms. The molecule has 21 heavy (non-hydrogen) atoms. The van der Waals surface area contributed by atoms with Gasteiger partial charge in [-0.3, -0.25) is 9.78 Å². The van der Waals surface area contributed by atoms with Crippen LogP contribution in [0.25, 0.3) is 0 Å². The van der Waals surface area contributed by atoms with Gasteiger partial charge in [-0.1, -0.05) is 29.8 Å². The molecule has 1 heterocycles. The Kier molecular flexibility index (Phi) is 5.73. The number of ether oxygens (including phenoxy) is 1. The van der Waals surface area contributed by atoms with E-state index in [0.29, 0.717) is 17.1 Å². The monoisotopic (exact) mass is 368 g/mol. The minimum absolute atomic E-state index is 0.210. The first-order valence-corrected chi connectivity index (χ1v) is 7.45. The smallest absolute Gasteiger partial charge is 0.252 e. The summed E-state index contributed by atoms with van der Waals surface area (Å²) in [5.74, 6) is -0.210. The van der Waals surface area contributed by atoms with Crippen LogP contribution in [0.3, 0.4) is 0 Å². The summed E-state index contributed by atoms with van der Waals surface area (Å²) in [5.41, 5.74) is 1.33. The van der Waals surface area contributed by atoms with Crippen LogP contribution >= 0.6 is 27.5 Å². The second kappa shape index (κ2) is 7.54. The lowest BCUT2D eigenvalue weighted by molar-refractivity contribution is 0.0828. The molecule has 1 N–H and O–H groups in total. The first-order chi connectivity index (χ1) is 10.1. The Morgan fingerprint density at radius 2 is 2.19 bits per heavy atom. The molecule has 0 spiro atoms. The lowest BCUT2D eigenvalue weighted by Gasteiger charge is -2.17. The molecule has 0 fully saturated rings. The molecule has 0 aliphatic rings. The van der Waals surface area contributed by atoms with Crippen molar-refractivity contribution in [1.82, 2.24) is 10.3 Å². The fourth-order valence-corrected chi connectivity index (χ4v) is 2.50. The van der Waals surface area contributed by atoms with Gasteiger partial charge in [0.1, 0.15) is 6.10 Å². The van der Waals surface area contributed by atoms with E-state index in [-0.39, 0.29) is 12.0 Å². The van der Waals surface area contributed by atoms with Gasteiger partial charge in [-0.25, -0.2) is 0 Å². The van der Waals surface area contributed by atoms with Crippen LogP contribution in [0.4, 0.5) is 0 Å². The predicted octanol–water partition coefficient (Wildman–Crippen LogP) is 3.62. The Hall–Kier alpha value is -1.43. The number of rotatable bonds is 5. The molecule has 1 atom stereocenters. The first kappa shape index (κ1) is 15.9. The lowest BCUT2D eigenvalue weighted by atomic mass is 10.1. The number of aromatic nitrogens is 1. The van der Waals surface area contributed by atoms with Crippen LogP contribution in [-0.4, -0.2) is 24.5 Å². The molecule has 0 aliphatic carbocycles. The van der Waals surface area contributed by atoms with Gasteiger partial charge in [-0.15, -0.1) is 0 Å². The molecule has 0 unspecified atom stereocenters. The number of amides is 1. The molecule has 2 rings (SSSR count). The molecule has 1 amide bonds. The summed E-state index contributed by atoms with van der Waals surface area (Å²) >= 11 is 9.43. The maximum atomic E-state index is 12.1. The van der Waals surface area contributed by atoms with Crippen LogP contribution in [0.2, 0.25) is 5.02 Å². The Morgan fingerprint density at radius 3 is 2.86 bits per heavy atom. The minimum atomic E-state index is -0.303. The average molecular weight is 370 g/mol. The first-order valence-electron chi connectivity index (χ1n) is 6.27. The van der Waals surface area contributed by atoms with Gasteiger partial charge >= 0.3 is 0 Å². The quantitative estimate of drug-likeness (QED) is 0.876. The van der Waals surface area contributed by atoms with E-state index in [1.807, 2.05) is 18.2 Å². The standard InChI is InChI=1S/C15H14BrClN2O2/c1-21-14(12-4-2-3-5-13(12)17)9-19-15(20)10-6-11(16)8-18-7-10/h2-8,14H,9H2,1H3,(H,19,20)/t14-/m1/s1. The maximum Gasteiger partial charge on any atom is 0.252 e. The van der Waals surface area contributed by atoms with Crippen LogP contribution in [0.15, 0.2) is 47.2 Å². The molecule has 1 aromatic carbocycles. The van der Waals surface area contributed by atoms with Gasteiger partial charge in [0, 0.05) is 41.1 Å². The third-order valence-corrected chi connectivity index (χ3v) is 3.73. The zero-order valence-electron chi connectivity index (χ0n) is 11.3. The van der Waals surface area contributed by atoms with Crippen molar-refractivity contribution < 1.29 is 9.53 Å². The van der Waals surface area contributed by atoms with E-state index >= 15 is 0 Å². The van der Waals surface area contributed by atoms with Crippen molar-refractivity contribution in [3.8, 4) is 0 Å². The summed E-state index contributed by atoms with van der Waals surface area (Å²) in [6.45, 7) is 0.325. The van der Waals surface area contributed by atoms with Crippen molar-refractivity contribution >= 4 is 33.4 Å². The van der Waals surface area contributed by atoms with Crippen molar-refractivity contribution in [2.45, 2.75) is 6.10 Å². The number of carbonyl (C=O) groups excluding carboxylic acids is 1. The molecular formula is C15H14BrClN2O2. The summed E-state index contributed by atoms with van der Waals surface area (Å²) in [4.78, 5) is 16.0. The highest BCUT2D eigenvalue weighted by Crippen LogP contribution is 2.24. The molecule has 6 heteroatoms. The topological polar surface area (TPSA) is 51.2 Å². The lowest BCUT2D eigenvalue weighted by Crippen LogP contribution is -2.29. The van der Waals surface area contributed by atoms with Crippen molar-refractivity contribution in [3.05, 3.63) is 63.3 Å². The van der Waals surface area contributed by atoms with Gasteiger partial charge in [0.25, 0.3) is 5.91 Å². The van der Waals surface area contributed by atoms with Crippen LogP contribution in [0, 0.1) is 0 Å². The van der Waals surface area contributed by atoms with Crippen molar-refractivity contribution in [2.24, 2.45) is 0 Å². The van der Waals surface area contributed by atoms with Gasteiger partial charge in [-0.2, -0.15) is 0 Å². The van der Waals surface area contributed by atoms with Crippen LogP contribution in [0.1, 0.15) is 22.0 Å². The number of pyridine rings is 1. The largest absolute Gasteiger partial charge is 0.375 e. The van der Waals surface area contributed by atoms with Crippen molar-refractivity contribution in [3.63, 3.8) is 0 Å². The van der Waals surface area contributed by atoms with Crippen molar-refractivity contribution in [2.75, 3.05) is 13.7 Å². The molecule has 2 aromatic rings. The van der Waals surface area contributed by atoms with Crippen molar-refractivity contribution in [1.29, 1.82) is 0 Å². The van der Waals surface area contributed by atoms with Gasteiger partial charge < -0.3 is 10.1 Å². The van der Waals surface area contributed by atoms with Gasteiger partial charge in [-0.05, 0) is 28.1 Å². The third-order valence-electron chi connectivity index (χ3n) is 2.95. The number of hydrogen-bond acceptors (Lipinski definition) is 3. The van der Waals surface area contributed by atoms with Gasteiger partial charge in [0.2, 0.25) is 0 Å². The summed E-state index contributed by atoms with van der Waals surface area (Å²) in [7, 11) is 1.58. The molecule has 0 saturated heterocycles. The second-order valence-electron chi connectivity index (χ2n) is 4.35. The van der Waals surface area contributed by atoms with E-state index in [2.05, 4.69) is 26.2 Å². The Morgan fingerprint density at radius 1 is 1.43 bits per heavy atom. The molecule has 110 valence electrons. The second-order valence-corrected chi connectivity index (χ2v) is 5.67. The van der Waals surface area contributed by atoms with E-state index < -0.39 is 0 Å². The summed E-state index contributed by atoms with van der Waals surface area (Å²) in [6.07, 6.45) is 2.83. The number of nitrogens with one attached hydrogen (secondary N) is 1. The third kappa shape index (κ3) is 4.27. The van der Waals surface area contributed by atoms with E-state index in [0.717, 1.165) is 10.0 Å². The van der Waals surface area contributed by atoms with Crippen LogP contribution in [0.5, 0.6) is 0 Å². The number of methoxy groups -OCH3 is 1. The Bertz CT molecular complexity index is 637. The maximum absolute atomic E-state index is 12.1. The summed E-state index contributed by atoms with van der Waals surface area (Å²) in [6, 6.07) is 9.11. The molecule has 0 aliphatic heterocycles. The zero-order chi connectivity index (χ0) is 15.2. The fraction of sp³-hybridized carbons (Fsp3) is 0.200. The molecule has 0 saturated carbocycles. The molecular weight excluding hydrogens is 356 g/mol. The zero-order valence-corrected chi connectivity index (χ0v) is 13.7. The van der Waals surface area contributed by atoms with Crippen LogP contribution in [-0.2, 0) is 4.74 Å². The highest BCUT2D eigenvalue weighted by molar-refractivity contribution is 9.10. The average Bonchev–Trinajstić information content (AvgIpc) is 2.49. The minimum Gasteiger partial charge on any atom is -0.375 e. The Labute approximate surface area is 136 Å². The number of hydrogen-bond donors (Lipinski definition) is 1. The molecule has 1 aromatic heterocycles. The molecule has 0 radical (unpaired) electrons. The number of halogens is 2. The fourth-order valence-electron chi connectivity index (χ4n) is 1.88. The van der Waals surface area contributed by atoms with E-state index in [1.54, 1.807) is 25.4 Å². The predicted molar refractivity (Wildman–Crippen MR) is 85.5 cm³/mol. The van der Waals surface area contributed by atoms with E-state index in [9.17, 15) is 4.79 Å². The van der Waals surface area contributed by atoms with E-state index in [4.69, 9.17) is 16.3 Å². The SMILES string of the molecule is CO[C@H](CNC(=O)c1cncc(Br)c1)c1ccccc1Cl. The summed E-state index contributed by atoms with van der Waals surface area (Å²) < 4.78 is 6.16. The highest BCUT2D eigenvalue weighted by atomic mass is 79.9. The van der Waals surface area contributed by atoms with Gasteiger partial charge in [0.15, 0.2) is 0 Å².